The van der Waals surface area contributed by atoms with Gasteiger partial charge in [0.2, 0.25) is 5.88 Å². The van der Waals surface area contributed by atoms with E-state index in [4.69, 9.17) is 9.47 Å². The van der Waals surface area contributed by atoms with E-state index in [1.54, 1.807) is 0 Å². The number of amides is 1. The second kappa shape index (κ2) is 9.91. The van der Waals surface area contributed by atoms with Gasteiger partial charge in [-0.05, 0) is 50.4 Å². The van der Waals surface area contributed by atoms with Gasteiger partial charge in [0, 0.05) is 13.1 Å². The van der Waals surface area contributed by atoms with Crippen molar-refractivity contribution in [2.45, 2.75) is 58.4 Å². The molecule has 2 fully saturated rings. The van der Waals surface area contributed by atoms with Crippen LogP contribution in [-0.2, 0) is 0 Å². The Kier molecular flexibility index (Phi) is 7.30. The molecule has 0 spiro atoms. The predicted octanol–water partition coefficient (Wildman–Crippen LogP) is 2.75. The van der Waals surface area contributed by atoms with Gasteiger partial charge in [0.25, 0.3) is 5.88 Å². The normalized spacial score (nSPS) is 18.1. The molecular formula is C20H32N4O4. The van der Waals surface area contributed by atoms with Crippen LogP contribution in [0.5, 0.6) is 11.8 Å². The zero-order valence-corrected chi connectivity index (χ0v) is 16.9. The number of anilines is 1. The van der Waals surface area contributed by atoms with Gasteiger partial charge >= 0.3 is 6.09 Å². The summed E-state index contributed by atoms with van der Waals surface area (Å²) in [5, 5.41) is 12.1. The van der Waals surface area contributed by atoms with Crippen molar-refractivity contribution in [3.05, 3.63) is 6.20 Å². The Morgan fingerprint density at radius 2 is 2.07 bits per heavy atom. The van der Waals surface area contributed by atoms with E-state index in [2.05, 4.69) is 20.2 Å². The Hall–Kier alpha value is -2.09. The highest BCUT2D eigenvalue weighted by molar-refractivity contribution is 5.70. The van der Waals surface area contributed by atoms with Gasteiger partial charge in [0.05, 0.1) is 25.5 Å². The van der Waals surface area contributed by atoms with E-state index < -0.39 is 6.09 Å². The number of carbonyl (C=O) groups excluding carboxylic acids is 1. The number of nitrogens with zero attached hydrogens (tertiary/aromatic N) is 3. The van der Waals surface area contributed by atoms with Crippen molar-refractivity contribution in [3.8, 4) is 11.8 Å². The van der Waals surface area contributed by atoms with Gasteiger partial charge in [-0.2, -0.15) is 4.98 Å². The maximum absolute atomic E-state index is 12.2. The minimum atomic E-state index is -0.645. The molecule has 0 bridgehead atoms. The van der Waals surface area contributed by atoms with Crippen LogP contribution in [0.4, 0.5) is 10.6 Å². The minimum Gasteiger partial charge on any atom is -0.475 e. The number of ether oxygens (including phenoxy) is 2. The van der Waals surface area contributed by atoms with Gasteiger partial charge in [0.1, 0.15) is 0 Å². The van der Waals surface area contributed by atoms with Gasteiger partial charge < -0.3 is 24.8 Å². The average molecular weight is 393 g/mol. The highest BCUT2D eigenvalue weighted by atomic mass is 16.6. The number of hydrogen-bond donors (Lipinski definition) is 2. The fourth-order valence-electron chi connectivity index (χ4n) is 3.34. The summed E-state index contributed by atoms with van der Waals surface area (Å²) in [4.78, 5) is 23.3. The molecule has 1 aromatic heterocycles. The predicted molar refractivity (Wildman–Crippen MR) is 106 cm³/mol. The number of carbonyl (C=O) groups is 1. The van der Waals surface area contributed by atoms with Gasteiger partial charge in [-0.15, -0.1) is 0 Å². The molecule has 8 nitrogen and oxygen atoms in total. The van der Waals surface area contributed by atoms with Crippen LogP contribution in [0.1, 0.15) is 52.4 Å². The van der Waals surface area contributed by atoms with Gasteiger partial charge in [-0.1, -0.05) is 13.8 Å². The molecule has 1 aliphatic carbocycles. The summed E-state index contributed by atoms with van der Waals surface area (Å²) >= 11 is 0. The smallest absolute Gasteiger partial charge is 0.414 e. The largest absolute Gasteiger partial charge is 0.475 e. The van der Waals surface area contributed by atoms with Crippen LogP contribution in [-0.4, -0.2) is 53.5 Å². The third-order valence-electron chi connectivity index (χ3n) is 5.00. The molecule has 1 amide bonds. The summed E-state index contributed by atoms with van der Waals surface area (Å²) in [5.41, 5.74) is 0. The number of aliphatic hydroxyl groups excluding tert-OH is 1. The molecule has 1 atom stereocenters. The fraction of sp³-hybridized carbons (Fsp3) is 0.750. The second-order valence-electron chi connectivity index (χ2n) is 8.18. The fourth-order valence-corrected chi connectivity index (χ4v) is 3.34. The van der Waals surface area contributed by atoms with Crippen molar-refractivity contribution in [2.24, 2.45) is 11.8 Å². The van der Waals surface area contributed by atoms with Crippen LogP contribution < -0.4 is 19.7 Å². The number of aromatic nitrogens is 2. The highest BCUT2D eigenvalue weighted by Crippen LogP contribution is 2.33. The molecule has 1 saturated carbocycles. The Labute approximate surface area is 166 Å². The summed E-state index contributed by atoms with van der Waals surface area (Å²) in [6, 6.07) is -0.348. The van der Waals surface area contributed by atoms with E-state index in [0.29, 0.717) is 30.7 Å². The number of nitrogens with one attached hydrogen (secondary N) is 1. The lowest BCUT2D eigenvalue weighted by Gasteiger charge is -2.28. The van der Waals surface area contributed by atoms with Crippen molar-refractivity contribution in [2.75, 3.05) is 31.2 Å². The first kappa shape index (κ1) is 20.6. The Balaban J connectivity index is 1.66. The topological polar surface area (TPSA) is 96.8 Å². The standard InChI is InChI=1S/C20H32N4O4/c1-14(2)10-16(12-25)22-20(26)28-17-11-21-18(24-8-4-3-5-9-24)19(23-17)27-13-15-6-7-15/h11,14-16,25H,3-10,12-13H2,1-2H3,(H,22,26)/t16-/m0/s1. The molecule has 8 heteroatoms. The van der Waals surface area contributed by atoms with Gasteiger partial charge in [-0.25, -0.2) is 9.78 Å². The Morgan fingerprint density at radius 3 is 2.71 bits per heavy atom. The number of rotatable bonds is 9. The molecule has 2 aliphatic rings. The van der Waals surface area contributed by atoms with E-state index in [1.165, 1.54) is 25.5 Å². The van der Waals surface area contributed by atoms with Gasteiger partial charge in [0.15, 0.2) is 5.82 Å². The van der Waals surface area contributed by atoms with Crippen LogP contribution in [0.25, 0.3) is 0 Å². The lowest BCUT2D eigenvalue weighted by atomic mass is 10.0. The quantitative estimate of drug-likeness (QED) is 0.667. The molecule has 28 heavy (non-hydrogen) atoms. The molecule has 3 rings (SSSR count). The summed E-state index contributed by atoms with van der Waals surface area (Å²) in [5.74, 6) is 2.19. The van der Waals surface area contributed by atoms with Crippen LogP contribution in [0.15, 0.2) is 6.20 Å². The third-order valence-corrected chi connectivity index (χ3v) is 5.00. The zero-order chi connectivity index (χ0) is 19.9. The highest BCUT2D eigenvalue weighted by Gasteiger charge is 2.25. The molecule has 156 valence electrons. The lowest BCUT2D eigenvalue weighted by Crippen LogP contribution is -2.40. The molecule has 1 aliphatic heterocycles. The van der Waals surface area contributed by atoms with Crippen molar-refractivity contribution >= 4 is 11.9 Å². The van der Waals surface area contributed by atoms with E-state index in [-0.39, 0.29) is 18.5 Å². The molecule has 0 unspecified atom stereocenters. The minimum absolute atomic E-state index is 0.102. The zero-order valence-electron chi connectivity index (χ0n) is 16.9. The van der Waals surface area contributed by atoms with Crippen LogP contribution in [0.2, 0.25) is 0 Å². The van der Waals surface area contributed by atoms with E-state index in [0.717, 1.165) is 31.7 Å². The monoisotopic (exact) mass is 392 g/mol. The maximum Gasteiger partial charge on any atom is 0.414 e. The van der Waals surface area contributed by atoms with Crippen LogP contribution in [0.3, 0.4) is 0 Å². The molecule has 2 N–H and O–H groups in total. The molecule has 0 radical (unpaired) electrons. The van der Waals surface area contributed by atoms with Gasteiger partial charge in [-0.3, -0.25) is 0 Å². The van der Waals surface area contributed by atoms with Crippen LogP contribution in [0, 0.1) is 11.8 Å². The summed E-state index contributed by atoms with van der Waals surface area (Å²) in [7, 11) is 0. The van der Waals surface area contributed by atoms with E-state index in [1.807, 2.05) is 13.8 Å². The second-order valence-corrected chi connectivity index (χ2v) is 8.18. The third kappa shape index (κ3) is 6.22. The maximum atomic E-state index is 12.2. The van der Waals surface area contributed by atoms with Crippen molar-refractivity contribution in [3.63, 3.8) is 0 Å². The average Bonchev–Trinajstić information content (AvgIpc) is 3.50. The Morgan fingerprint density at radius 1 is 1.32 bits per heavy atom. The van der Waals surface area contributed by atoms with Crippen molar-refractivity contribution in [1.82, 2.24) is 15.3 Å². The summed E-state index contributed by atoms with van der Waals surface area (Å²) in [6.07, 6.45) is 7.34. The SMILES string of the molecule is CC(C)C[C@@H](CO)NC(=O)Oc1cnc(N2CCCCC2)c(OCC2CC2)n1. The van der Waals surface area contributed by atoms with E-state index >= 15 is 0 Å². The van der Waals surface area contributed by atoms with Crippen molar-refractivity contribution in [1.29, 1.82) is 0 Å². The van der Waals surface area contributed by atoms with Crippen molar-refractivity contribution < 1.29 is 19.4 Å². The summed E-state index contributed by atoms with van der Waals surface area (Å²) in [6.45, 7) is 6.41. The lowest BCUT2D eigenvalue weighted by molar-refractivity contribution is 0.175. The molecular weight excluding hydrogens is 360 g/mol. The molecule has 0 aromatic carbocycles. The number of hydrogen-bond acceptors (Lipinski definition) is 7. The Bertz CT molecular complexity index is 645. The van der Waals surface area contributed by atoms with Crippen LogP contribution >= 0.6 is 0 Å². The number of piperidine rings is 1. The van der Waals surface area contributed by atoms with E-state index in [9.17, 15) is 9.90 Å². The first-order valence-electron chi connectivity index (χ1n) is 10.4. The molecule has 1 saturated heterocycles. The first-order valence-corrected chi connectivity index (χ1v) is 10.4. The number of aliphatic hydroxyl groups is 1. The molecule has 1 aromatic rings. The molecule has 2 heterocycles. The summed E-state index contributed by atoms with van der Waals surface area (Å²) < 4.78 is 11.2. The first-order chi connectivity index (χ1) is 13.5.